The Morgan fingerprint density at radius 2 is 1.93 bits per heavy atom. The average molecular weight is 200 g/mol. The number of hydrogen-bond donors (Lipinski definition) is 1. The molecule has 0 aromatic carbocycles. The van der Waals surface area contributed by atoms with Crippen LogP contribution < -0.4 is 5.43 Å². The van der Waals surface area contributed by atoms with Crippen molar-refractivity contribution < 1.29 is 4.74 Å². The molecule has 1 aliphatic rings. The first kappa shape index (κ1) is 12.0. The first-order chi connectivity index (χ1) is 6.79. The molecule has 14 heavy (non-hydrogen) atoms. The molecule has 1 heterocycles. The maximum atomic E-state index is 5.50. The van der Waals surface area contributed by atoms with Crippen LogP contribution in [0.2, 0.25) is 0 Å². The molecule has 0 bridgehead atoms. The average Bonchev–Trinajstić information content (AvgIpc) is 2.18. The molecular formula is C11H24N2O. The molecule has 84 valence electrons. The molecule has 0 spiro atoms. The minimum absolute atomic E-state index is 0.644. The summed E-state index contributed by atoms with van der Waals surface area (Å²) in [6.07, 6.45) is 4.06. The van der Waals surface area contributed by atoms with Gasteiger partial charge in [0, 0.05) is 26.2 Å². The molecule has 3 heteroatoms. The molecular weight excluding hydrogens is 176 g/mol. The molecule has 0 unspecified atom stereocenters. The summed E-state index contributed by atoms with van der Waals surface area (Å²) in [6.45, 7) is 9.41. The Morgan fingerprint density at radius 3 is 2.57 bits per heavy atom. The van der Waals surface area contributed by atoms with Crippen LogP contribution in [0.5, 0.6) is 0 Å². The predicted molar refractivity (Wildman–Crippen MR) is 59.1 cm³/mol. The Balaban J connectivity index is 1.87. The highest BCUT2D eigenvalue weighted by atomic mass is 16.5. The molecule has 3 nitrogen and oxygen atoms in total. The van der Waals surface area contributed by atoms with Gasteiger partial charge in [-0.25, -0.2) is 5.01 Å². The van der Waals surface area contributed by atoms with E-state index in [1.165, 1.54) is 32.4 Å². The van der Waals surface area contributed by atoms with Crippen LogP contribution in [0.4, 0.5) is 0 Å². The van der Waals surface area contributed by atoms with E-state index in [0.717, 1.165) is 19.8 Å². The topological polar surface area (TPSA) is 24.5 Å². The highest BCUT2D eigenvalue weighted by molar-refractivity contribution is 4.60. The lowest BCUT2D eigenvalue weighted by molar-refractivity contribution is 0.0827. The van der Waals surface area contributed by atoms with E-state index in [-0.39, 0.29) is 0 Å². The fraction of sp³-hybridized carbons (Fsp3) is 1.00. The fourth-order valence-electron chi connectivity index (χ4n) is 1.65. The van der Waals surface area contributed by atoms with Crippen molar-refractivity contribution >= 4 is 0 Å². The van der Waals surface area contributed by atoms with Crippen molar-refractivity contribution in [1.29, 1.82) is 0 Å². The van der Waals surface area contributed by atoms with Crippen LogP contribution in [0.15, 0.2) is 0 Å². The lowest BCUT2D eigenvalue weighted by atomic mass is 10.2. The van der Waals surface area contributed by atoms with Crippen LogP contribution in [0, 0.1) is 5.92 Å². The highest BCUT2D eigenvalue weighted by Gasteiger charge is 2.08. The minimum Gasteiger partial charge on any atom is -0.380 e. The van der Waals surface area contributed by atoms with Gasteiger partial charge in [-0.3, -0.25) is 5.43 Å². The third-order valence-corrected chi connectivity index (χ3v) is 2.39. The zero-order valence-electron chi connectivity index (χ0n) is 9.59. The standard InChI is InChI=1S/C11H24N2O/c1-11(2)10-14-9-6-12-13-7-4-3-5-8-13/h11-12H,3-10H2,1-2H3. The first-order valence-electron chi connectivity index (χ1n) is 5.85. The van der Waals surface area contributed by atoms with Crippen LogP contribution in [0.1, 0.15) is 33.1 Å². The van der Waals surface area contributed by atoms with Gasteiger partial charge in [-0.05, 0) is 18.8 Å². The van der Waals surface area contributed by atoms with E-state index in [0.29, 0.717) is 5.92 Å². The van der Waals surface area contributed by atoms with Gasteiger partial charge in [-0.1, -0.05) is 20.3 Å². The lowest BCUT2D eigenvalue weighted by Gasteiger charge is -2.27. The maximum Gasteiger partial charge on any atom is 0.0605 e. The summed E-state index contributed by atoms with van der Waals surface area (Å²) < 4.78 is 5.50. The third-order valence-electron chi connectivity index (χ3n) is 2.39. The summed E-state index contributed by atoms with van der Waals surface area (Å²) in [5.74, 6) is 0.644. The van der Waals surface area contributed by atoms with E-state index in [1.54, 1.807) is 0 Å². The molecule has 1 N–H and O–H groups in total. The summed E-state index contributed by atoms with van der Waals surface area (Å²) >= 11 is 0. The van der Waals surface area contributed by atoms with Crippen molar-refractivity contribution in [1.82, 2.24) is 10.4 Å². The molecule has 0 saturated carbocycles. The highest BCUT2D eigenvalue weighted by Crippen LogP contribution is 2.05. The number of nitrogens with zero attached hydrogens (tertiary/aromatic N) is 1. The molecule has 1 saturated heterocycles. The second-order valence-corrected chi connectivity index (χ2v) is 4.42. The second-order valence-electron chi connectivity index (χ2n) is 4.42. The van der Waals surface area contributed by atoms with Crippen molar-refractivity contribution in [3.8, 4) is 0 Å². The van der Waals surface area contributed by atoms with Gasteiger partial charge in [0.15, 0.2) is 0 Å². The van der Waals surface area contributed by atoms with Crippen LogP contribution in [0.25, 0.3) is 0 Å². The molecule has 1 aliphatic heterocycles. The quantitative estimate of drug-likeness (QED) is 0.660. The Bertz CT molecular complexity index is 133. The van der Waals surface area contributed by atoms with Crippen molar-refractivity contribution in [3.05, 3.63) is 0 Å². The number of piperidine rings is 1. The minimum atomic E-state index is 0.644. The fourth-order valence-corrected chi connectivity index (χ4v) is 1.65. The Morgan fingerprint density at radius 1 is 1.21 bits per heavy atom. The van der Waals surface area contributed by atoms with Crippen LogP contribution in [-0.4, -0.2) is 37.9 Å². The van der Waals surface area contributed by atoms with Crippen molar-refractivity contribution in [2.45, 2.75) is 33.1 Å². The maximum absolute atomic E-state index is 5.50. The van der Waals surface area contributed by atoms with E-state index >= 15 is 0 Å². The normalized spacial score (nSPS) is 19.1. The number of rotatable bonds is 6. The Labute approximate surface area is 87.8 Å². The molecule has 0 aromatic rings. The summed E-state index contributed by atoms with van der Waals surface area (Å²) in [5.41, 5.74) is 3.40. The Kier molecular flexibility index (Phi) is 6.15. The van der Waals surface area contributed by atoms with E-state index in [9.17, 15) is 0 Å². The van der Waals surface area contributed by atoms with Crippen molar-refractivity contribution in [2.75, 3.05) is 32.8 Å². The largest absolute Gasteiger partial charge is 0.380 e. The molecule has 1 fully saturated rings. The predicted octanol–water partition coefficient (Wildman–Crippen LogP) is 1.65. The lowest BCUT2D eigenvalue weighted by Crippen LogP contribution is -2.43. The third kappa shape index (κ3) is 5.58. The monoisotopic (exact) mass is 200 g/mol. The summed E-state index contributed by atoms with van der Waals surface area (Å²) in [6, 6.07) is 0. The molecule has 0 aromatic heterocycles. The van der Waals surface area contributed by atoms with Crippen LogP contribution >= 0.6 is 0 Å². The van der Waals surface area contributed by atoms with Gasteiger partial charge >= 0.3 is 0 Å². The van der Waals surface area contributed by atoms with Gasteiger partial charge in [0.2, 0.25) is 0 Å². The molecule has 1 rings (SSSR count). The van der Waals surface area contributed by atoms with Gasteiger partial charge in [-0.2, -0.15) is 0 Å². The van der Waals surface area contributed by atoms with Crippen LogP contribution in [-0.2, 0) is 4.74 Å². The van der Waals surface area contributed by atoms with Gasteiger partial charge in [0.25, 0.3) is 0 Å². The Hall–Kier alpha value is -0.120. The van der Waals surface area contributed by atoms with E-state index < -0.39 is 0 Å². The van der Waals surface area contributed by atoms with Gasteiger partial charge in [-0.15, -0.1) is 0 Å². The molecule has 0 amide bonds. The van der Waals surface area contributed by atoms with Gasteiger partial charge < -0.3 is 4.74 Å². The second kappa shape index (κ2) is 7.21. The number of nitrogens with one attached hydrogen (secondary N) is 1. The number of hydrogen-bond acceptors (Lipinski definition) is 3. The van der Waals surface area contributed by atoms with Crippen LogP contribution in [0.3, 0.4) is 0 Å². The number of ether oxygens (including phenoxy) is 1. The summed E-state index contributed by atoms with van der Waals surface area (Å²) in [7, 11) is 0. The SMILES string of the molecule is CC(C)COCCNN1CCCCC1. The summed E-state index contributed by atoms with van der Waals surface area (Å²) in [5, 5.41) is 2.32. The molecule has 0 radical (unpaired) electrons. The molecule has 0 aliphatic carbocycles. The zero-order valence-corrected chi connectivity index (χ0v) is 9.59. The van der Waals surface area contributed by atoms with E-state index in [4.69, 9.17) is 4.74 Å². The smallest absolute Gasteiger partial charge is 0.0605 e. The first-order valence-corrected chi connectivity index (χ1v) is 5.85. The van der Waals surface area contributed by atoms with E-state index in [1.807, 2.05) is 0 Å². The van der Waals surface area contributed by atoms with E-state index in [2.05, 4.69) is 24.3 Å². The van der Waals surface area contributed by atoms with Gasteiger partial charge in [0.05, 0.1) is 6.61 Å². The molecule has 0 atom stereocenters. The van der Waals surface area contributed by atoms with Gasteiger partial charge in [0.1, 0.15) is 0 Å². The zero-order chi connectivity index (χ0) is 10.2. The van der Waals surface area contributed by atoms with Crippen molar-refractivity contribution in [2.24, 2.45) is 5.92 Å². The summed E-state index contributed by atoms with van der Waals surface area (Å²) in [4.78, 5) is 0. The van der Waals surface area contributed by atoms with Crippen molar-refractivity contribution in [3.63, 3.8) is 0 Å². The number of hydrazine groups is 1.